The van der Waals surface area contributed by atoms with Crippen molar-refractivity contribution in [2.45, 2.75) is 59.6 Å². The third-order valence-electron chi connectivity index (χ3n) is 3.36. The van der Waals surface area contributed by atoms with Crippen LogP contribution >= 0.6 is 11.6 Å². The summed E-state index contributed by atoms with van der Waals surface area (Å²) in [5.74, 6) is 0.761. The van der Waals surface area contributed by atoms with Gasteiger partial charge in [0.25, 0.3) is 0 Å². The summed E-state index contributed by atoms with van der Waals surface area (Å²) >= 11 is 5.92. The molecule has 0 fully saturated rings. The Morgan fingerprint density at radius 1 is 1.22 bits per heavy atom. The van der Waals surface area contributed by atoms with Crippen molar-refractivity contribution in [1.29, 1.82) is 0 Å². The zero-order chi connectivity index (χ0) is 17.0. The summed E-state index contributed by atoms with van der Waals surface area (Å²) in [5, 5.41) is 14.2. The van der Waals surface area contributed by atoms with Crippen LogP contribution in [0.3, 0.4) is 0 Å². The molecule has 1 unspecified atom stereocenters. The summed E-state index contributed by atoms with van der Waals surface area (Å²) in [5.41, 5.74) is 1.20. The predicted octanol–water partition coefficient (Wildman–Crippen LogP) is 1.20. The van der Waals surface area contributed by atoms with E-state index in [0.29, 0.717) is 11.6 Å². The van der Waals surface area contributed by atoms with E-state index in [4.69, 9.17) is 16.3 Å². The smallest absolute Gasteiger partial charge is 0.122 e. The Balaban J connectivity index is 0.00000484. The van der Waals surface area contributed by atoms with Crippen molar-refractivity contribution in [2.75, 3.05) is 13.2 Å². The predicted molar refractivity (Wildman–Crippen MR) is 93.8 cm³/mol. The van der Waals surface area contributed by atoms with Crippen molar-refractivity contribution in [3.05, 3.63) is 28.8 Å². The number of halogens is 2. The summed E-state index contributed by atoms with van der Waals surface area (Å²) < 4.78 is 5.67. The first kappa shape index (κ1) is 22.5. The first-order valence-corrected chi connectivity index (χ1v) is 8.18. The number of ether oxygens (including phenoxy) is 1. The van der Waals surface area contributed by atoms with E-state index < -0.39 is 6.10 Å². The SMILES string of the molecule is Cc1cc(Cl)ccc1OCC(O)CNC(C)(C)CC(C)(C)C.[Cl-]. The van der Waals surface area contributed by atoms with E-state index in [1.807, 2.05) is 19.1 Å². The highest BCUT2D eigenvalue weighted by molar-refractivity contribution is 6.30. The minimum atomic E-state index is -0.547. The standard InChI is InChI=1S/C18H30ClNO2.ClH/c1-13-9-14(19)7-8-16(13)22-11-15(21)10-20-18(5,6)12-17(2,3)4;/h7-9,15,20-21H,10-12H2,1-6H3;1H/p-1. The Kier molecular flexibility index (Phi) is 8.93. The zero-order valence-corrected chi connectivity index (χ0v) is 16.6. The van der Waals surface area contributed by atoms with Crippen molar-refractivity contribution >= 4 is 11.6 Å². The second-order valence-corrected chi connectivity index (χ2v) is 8.31. The van der Waals surface area contributed by atoms with Crippen molar-refractivity contribution in [2.24, 2.45) is 5.41 Å². The van der Waals surface area contributed by atoms with Gasteiger partial charge in [-0.3, -0.25) is 0 Å². The average Bonchev–Trinajstić information content (AvgIpc) is 2.32. The highest BCUT2D eigenvalue weighted by atomic mass is 35.5. The van der Waals surface area contributed by atoms with Gasteiger partial charge in [0, 0.05) is 17.1 Å². The number of β-amino-alcohol motifs (C(OH)–C–C–N with tert-alkyl or cyclic N) is 1. The van der Waals surface area contributed by atoms with Crippen LogP contribution in [0.2, 0.25) is 5.02 Å². The molecule has 1 rings (SSSR count). The third kappa shape index (κ3) is 9.41. The topological polar surface area (TPSA) is 41.5 Å². The normalized spacial score (nSPS) is 13.4. The average molecular weight is 363 g/mol. The first-order chi connectivity index (χ1) is 9.98. The van der Waals surface area contributed by atoms with Crippen LogP contribution in [0, 0.1) is 12.3 Å². The van der Waals surface area contributed by atoms with E-state index in [9.17, 15) is 5.11 Å². The molecule has 134 valence electrons. The Bertz CT molecular complexity index is 484. The van der Waals surface area contributed by atoms with Gasteiger partial charge in [0.1, 0.15) is 18.5 Å². The van der Waals surface area contributed by atoms with E-state index in [2.05, 4.69) is 39.9 Å². The lowest BCUT2D eigenvalue weighted by Gasteiger charge is -2.34. The van der Waals surface area contributed by atoms with Crippen molar-refractivity contribution in [3.63, 3.8) is 0 Å². The van der Waals surface area contributed by atoms with E-state index >= 15 is 0 Å². The van der Waals surface area contributed by atoms with Crippen LogP contribution in [0.15, 0.2) is 18.2 Å². The number of nitrogens with one attached hydrogen (secondary N) is 1. The van der Waals surface area contributed by atoms with Gasteiger partial charge >= 0.3 is 0 Å². The van der Waals surface area contributed by atoms with Crippen LogP contribution < -0.4 is 22.5 Å². The molecule has 5 heteroatoms. The van der Waals surface area contributed by atoms with Crippen molar-refractivity contribution < 1.29 is 22.3 Å². The molecule has 23 heavy (non-hydrogen) atoms. The molecule has 0 aliphatic carbocycles. The third-order valence-corrected chi connectivity index (χ3v) is 3.59. The lowest BCUT2D eigenvalue weighted by molar-refractivity contribution is -0.00000798. The molecule has 0 aliphatic rings. The summed E-state index contributed by atoms with van der Waals surface area (Å²) in [6, 6.07) is 5.48. The highest BCUT2D eigenvalue weighted by Gasteiger charge is 2.25. The van der Waals surface area contributed by atoms with Gasteiger partial charge in [-0.1, -0.05) is 32.4 Å². The fourth-order valence-corrected chi connectivity index (χ4v) is 3.03. The van der Waals surface area contributed by atoms with E-state index in [1.54, 1.807) is 6.07 Å². The molecule has 0 bridgehead atoms. The van der Waals surface area contributed by atoms with Gasteiger partial charge in [-0.15, -0.1) is 0 Å². The van der Waals surface area contributed by atoms with Gasteiger partial charge in [0.15, 0.2) is 0 Å². The van der Waals surface area contributed by atoms with Crippen LogP contribution in [0.5, 0.6) is 5.75 Å². The molecule has 0 aliphatic heterocycles. The monoisotopic (exact) mass is 362 g/mol. The Hall–Kier alpha value is -0.480. The second kappa shape index (κ2) is 9.12. The molecule has 0 amide bonds. The number of aryl methyl sites for hydroxylation is 1. The van der Waals surface area contributed by atoms with Gasteiger partial charge < -0.3 is 27.6 Å². The van der Waals surface area contributed by atoms with Gasteiger partial charge in [-0.2, -0.15) is 0 Å². The van der Waals surface area contributed by atoms with Crippen molar-refractivity contribution in [1.82, 2.24) is 5.32 Å². The van der Waals surface area contributed by atoms with E-state index in [-0.39, 0.29) is 30.0 Å². The molecular weight excluding hydrogens is 333 g/mol. The summed E-state index contributed by atoms with van der Waals surface area (Å²) in [6.45, 7) is 13.7. The van der Waals surface area contributed by atoms with Gasteiger partial charge in [-0.25, -0.2) is 0 Å². The molecule has 1 aromatic rings. The largest absolute Gasteiger partial charge is 1.00 e. The number of aliphatic hydroxyl groups is 1. The van der Waals surface area contributed by atoms with Crippen LogP contribution in [0.4, 0.5) is 0 Å². The Labute approximate surface area is 152 Å². The maximum absolute atomic E-state index is 10.1. The van der Waals surface area contributed by atoms with Gasteiger partial charge in [-0.05, 0) is 56.4 Å². The molecule has 0 saturated carbocycles. The minimum absolute atomic E-state index is 0. The molecule has 0 spiro atoms. The molecule has 2 N–H and O–H groups in total. The number of hydrogen-bond acceptors (Lipinski definition) is 3. The highest BCUT2D eigenvalue weighted by Crippen LogP contribution is 2.26. The molecule has 0 heterocycles. The summed E-state index contributed by atoms with van der Waals surface area (Å²) in [7, 11) is 0. The fraction of sp³-hybridized carbons (Fsp3) is 0.667. The van der Waals surface area contributed by atoms with Crippen LogP contribution in [0.1, 0.15) is 46.6 Å². The lowest BCUT2D eigenvalue weighted by atomic mass is 9.82. The summed E-state index contributed by atoms with van der Waals surface area (Å²) in [6.07, 6.45) is 0.485. The summed E-state index contributed by atoms with van der Waals surface area (Å²) in [4.78, 5) is 0. The van der Waals surface area contributed by atoms with Crippen LogP contribution in [0.25, 0.3) is 0 Å². The Morgan fingerprint density at radius 2 is 1.83 bits per heavy atom. The quantitative estimate of drug-likeness (QED) is 0.765. The number of aliphatic hydroxyl groups excluding tert-OH is 1. The van der Waals surface area contributed by atoms with Crippen LogP contribution in [-0.2, 0) is 0 Å². The van der Waals surface area contributed by atoms with Gasteiger partial charge in [0.05, 0.1) is 0 Å². The maximum Gasteiger partial charge on any atom is 0.122 e. The molecule has 3 nitrogen and oxygen atoms in total. The zero-order valence-electron chi connectivity index (χ0n) is 15.0. The number of benzene rings is 1. The lowest BCUT2D eigenvalue weighted by Crippen LogP contribution is -3.00. The van der Waals surface area contributed by atoms with Crippen LogP contribution in [-0.4, -0.2) is 29.9 Å². The Morgan fingerprint density at radius 3 is 2.35 bits per heavy atom. The minimum Gasteiger partial charge on any atom is -1.00 e. The first-order valence-electron chi connectivity index (χ1n) is 7.81. The maximum atomic E-state index is 10.1. The number of hydrogen-bond donors (Lipinski definition) is 2. The molecule has 0 radical (unpaired) electrons. The second-order valence-electron chi connectivity index (χ2n) is 7.88. The van der Waals surface area contributed by atoms with Crippen molar-refractivity contribution in [3.8, 4) is 5.75 Å². The number of rotatable bonds is 7. The molecule has 0 aromatic heterocycles. The molecule has 0 saturated heterocycles. The molecular formula is C18H30Cl2NO2-. The van der Waals surface area contributed by atoms with E-state index in [0.717, 1.165) is 17.7 Å². The fourth-order valence-electron chi connectivity index (χ4n) is 2.80. The van der Waals surface area contributed by atoms with E-state index in [1.165, 1.54) is 0 Å². The molecule has 1 atom stereocenters. The van der Waals surface area contributed by atoms with Gasteiger partial charge in [0.2, 0.25) is 0 Å². The molecule has 1 aromatic carbocycles.